The number of hydrogen-bond acceptors (Lipinski definition) is 1. The van der Waals surface area contributed by atoms with Crippen molar-refractivity contribution in [3.63, 3.8) is 0 Å². The summed E-state index contributed by atoms with van der Waals surface area (Å²) in [4.78, 5) is 0. The lowest BCUT2D eigenvalue weighted by Crippen LogP contribution is -2.03. The van der Waals surface area contributed by atoms with Crippen molar-refractivity contribution in [3.05, 3.63) is 30.0 Å². The first-order chi connectivity index (χ1) is 7.75. The Hall–Kier alpha value is -1.31. The molecule has 3 rings (SSSR count). The molecule has 0 radical (unpaired) electrons. The van der Waals surface area contributed by atoms with E-state index in [1.54, 1.807) is 0 Å². The third kappa shape index (κ3) is 1.62. The Labute approximate surface area is 96.3 Å². The van der Waals surface area contributed by atoms with E-state index in [9.17, 15) is 0 Å². The van der Waals surface area contributed by atoms with Crippen molar-refractivity contribution in [2.75, 3.05) is 0 Å². The van der Waals surface area contributed by atoms with E-state index in [0.717, 1.165) is 12.5 Å². The third-order valence-corrected chi connectivity index (χ3v) is 3.44. The number of rotatable bonds is 3. The van der Waals surface area contributed by atoms with Gasteiger partial charge in [-0.05, 0) is 30.2 Å². The zero-order chi connectivity index (χ0) is 11.1. The summed E-state index contributed by atoms with van der Waals surface area (Å²) in [6.07, 6.45) is 4.76. The van der Waals surface area contributed by atoms with Crippen LogP contribution in [-0.4, -0.2) is 9.78 Å². The molecule has 0 spiro atoms. The molecule has 0 aliphatic heterocycles. The molecule has 1 fully saturated rings. The first kappa shape index (κ1) is 9.88. The molecule has 0 atom stereocenters. The second-order valence-corrected chi connectivity index (χ2v) is 5.21. The Morgan fingerprint density at radius 1 is 1.38 bits per heavy atom. The number of nitrogens with zero attached hydrogens (tertiary/aromatic N) is 2. The predicted octanol–water partition coefficient (Wildman–Crippen LogP) is 3.57. The lowest BCUT2D eigenvalue weighted by Gasteiger charge is -2.10. The SMILES string of the molecule is CC(C)c1cccc2cnn(CC3CC3)c12. The Morgan fingerprint density at radius 2 is 2.19 bits per heavy atom. The summed E-state index contributed by atoms with van der Waals surface area (Å²) < 4.78 is 2.21. The topological polar surface area (TPSA) is 17.8 Å². The van der Waals surface area contributed by atoms with E-state index in [-0.39, 0.29) is 0 Å². The number of para-hydroxylation sites is 1. The molecule has 1 aliphatic carbocycles. The maximum atomic E-state index is 4.54. The van der Waals surface area contributed by atoms with E-state index in [1.165, 1.54) is 29.3 Å². The van der Waals surface area contributed by atoms with Crippen LogP contribution in [0.4, 0.5) is 0 Å². The fourth-order valence-electron chi connectivity index (χ4n) is 2.32. The highest BCUT2D eigenvalue weighted by Crippen LogP contribution is 2.33. The van der Waals surface area contributed by atoms with Crippen LogP contribution in [0, 0.1) is 5.92 Å². The van der Waals surface area contributed by atoms with Crippen molar-refractivity contribution < 1.29 is 0 Å². The average molecular weight is 214 g/mol. The summed E-state index contributed by atoms with van der Waals surface area (Å²) in [5, 5.41) is 5.82. The Bertz CT molecular complexity index is 506. The minimum absolute atomic E-state index is 0.568. The van der Waals surface area contributed by atoms with Crippen molar-refractivity contribution in [2.24, 2.45) is 5.92 Å². The zero-order valence-electron chi connectivity index (χ0n) is 9.98. The second-order valence-electron chi connectivity index (χ2n) is 5.21. The van der Waals surface area contributed by atoms with Crippen LogP contribution in [0.2, 0.25) is 0 Å². The Morgan fingerprint density at radius 3 is 2.88 bits per heavy atom. The van der Waals surface area contributed by atoms with Gasteiger partial charge in [0, 0.05) is 11.9 Å². The summed E-state index contributed by atoms with van der Waals surface area (Å²) in [5.74, 6) is 1.45. The van der Waals surface area contributed by atoms with E-state index in [2.05, 4.69) is 41.8 Å². The molecule has 1 heterocycles. The summed E-state index contributed by atoms with van der Waals surface area (Å²) >= 11 is 0. The van der Waals surface area contributed by atoms with E-state index < -0.39 is 0 Å². The number of benzene rings is 1. The minimum Gasteiger partial charge on any atom is -0.264 e. The lowest BCUT2D eigenvalue weighted by atomic mass is 10.0. The molecule has 1 saturated carbocycles. The molecule has 0 bridgehead atoms. The summed E-state index contributed by atoms with van der Waals surface area (Å²) in [7, 11) is 0. The number of fused-ring (bicyclic) bond motifs is 1. The highest BCUT2D eigenvalue weighted by molar-refractivity contribution is 5.82. The third-order valence-electron chi connectivity index (χ3n) is 3.44. The van der Waals surface area contributed by atoms with Crippen molar-refractivity contribution in [2.45, 2.75) is 39.2 Å². The summed E-state index contributed by atoms with van der Waals surface area (Å²) in [6, 6.07) is 6.54. The van der Waals surface area contributed by atoms with Crippen molar-refractivity contribution >= 4 is 10.9 Å². The minimum atomic E-state index is 0.568. The van der Waals surface area contributed by atoms with Gasteiger partial charge in [0.05, 0.1) is 11.7 Å². The first-order valence-electron chi connectivity index (χ1n) is 6.20. The van der Waals surface area contributed by atoms with Crippen LogP contribution in [0.1, 0.15) is 38.2 Å². The normalized spacial score (nSPS) is 16.2. The van der Waals surface area contributed by atoms with Gasteiger partial charge in [0.15, 0.2) is 0 Å². The van der Waals surface area contributed by atoms with Gasteiger partial charge in [-0.2, -0.15) is 5.10 Å². The molecule has 2 nitrogen and oxygen atoms in total. The van der Waals surface area contributed by atoms with Crippen molar-refractivity contribution in [3.8, 4) is 0 Å². The maximum Gasteiger partial charge on any atom is 0.0717 e. The van der Waals surface area contributed by atoms with Crippen LogP contribution >= 0.6 is 0 Å². The molecule has 0 unspecified atom stereocenters. The predicted molar refractivity (Wildman–Crippen MR) is 66.5 cm³/mol. The van der Waals surface area contributed by atoms with Crippen LogP contribution in [-0.2, 0) is 6.54 Å². The van der Waals surface area contributed by atoms with Gasteiger partial charge in [-0.3, -0.25) is 4.68 Å². The molecule has 1 aromatic heterocycles. The highest BCUT2D eigenvalue weighted by atomic mass is 15.3. The van der Waals surface area contributed by atoms with E-state index >= 15 is 0 Å². The van der Waals surface area contributed by atoms with Crippen LogP contribution in [0.3, 0.4) is 0 Å². The summed E-state index contributed by atoms with van der Waals surface area (Å²) in [5.41, 5.74) is 2.78. The highest BCUT2D eigenvalue weighted by Gasteiger charge is 2.23. The second kappa shape index (κ2) is 3.62. The van der Waals surface area contributed by atoms with Gasteiger partial charge in [0.25, 0.3) is 0 Å². The molecule has 0 amide bonds. The van der Waals surface area contributed by atoms with Crippen molar-refractivity contribution in [1.82, 2.24) is 9.78 Å². The van der Waals surface area contributed by atoms with Gasteiger partial charge >= 0.3 is 0 Å². The van der Waals surface area contributed by atoms with Gasteiger partial charge in [-0.25, -0.2) is 0 Å². The van der Waals surface area contributed by atoms with Crippen LogP contribution < -0.4 is 0 Å². The molecule has 1 aromatic carbocycles. The maximum absolute atomic E-state index is 4.54. The molecule has 16 heavy (non-hydrogen) atoms. The molecule has 0 N–H and O–H groups in total. The Balaban J connectivity index is 2.13. The molecular formula is C14H18N2. The van der Waals surface area contributed by atoms with Crippen LogP contribution in [0.25, 0.3) is 10.9 Å². The van der Waals surface area contributed by atoms with E-state index in [1.807, 2.05) is 6.20 Å². The van der Waals surface area contributed by atoms with Crippen molar-refractivity contribution in [1.29, 1.82) is 0 Å². The lowest BCUT2D eigenvalue weighted by molar-refractivity contribution is 0.578. The molecular weight excluding hydrogens is 196 g/mol. The molecule has 84 valence electrons. The fourth-order valence-corrected chi connectivity index (χ4v) is 2.32. The zero-order valence-corrected chi connectivity index (χ0v) is 9.98. The molecule has 2 aromatic rings. The fraction of sp³-hybridized carbons (Fsp3) is 0.500. The van der Waals surface area contributed by atoms with Gasteiger partial charge in [0.2, 0.25) is 0 Å². The quantitative estimate of drug-likeness (QED) is 0.763. The van der Waals surface area contributed by atoms with Gasteiger partial charge in [-0.15, -0.1) is 0 Å². The molecule has 2 heteroatoms. The van der Waals surface area contributed by atoms with E-state index in [4.69, 9.17) is 0 Å². The molecule has 1 aliphatic rings. The van der Waals surface area contributed by atoms with E-state index in [0.29, 0.717) is 5.92 Å². The van der Waals surface area contributed by atoms with Gasteiger partial charge < -0.3 is 0 Å². The number of aromatic nitrogens is 2. The first-order valence-corrected chi connectivity index (χ1v) is 6.20. The Kier molecular flexibility index (Phi) is 2.23. The van der Waals surface area contributed by atoms with Gasteiger partial charge in [-0.1, -0.05) is 32.0 Å². The summed E-state index contributed by atoms with van der Waals surface area (Å²) in [6.45, 7) is 5.61. The van der Waals surface area contributed by atoms with Crippen LogP contribution in [0.15, 0.2) is 24.4 Å². The molecule has 0 saturated heterocycles. The number of hydrogen-bond donors (Lipinski definition) is 0. The smallest absolute Gasteiger partial charge is 0.0717 e. The van der Waals surface area contributed by atoms with Crippen LogP contribution in [0.5, 0.6) is 0 Å². The monoisotopic (exact) mass is 214 g/mol. The van der Waals surface area contributed by atoms with Gasteiger partial charge in [0.1, 0.15) is 0 Å². The standard InChI is InChI=1S/C14H18N2/c1-10(2)13-5-3-4-12-8-15-16(14(12)13)9-11-6-7-11/h3-5,8,10-11H,6-7,9H2,1-2H3. The largest absolute Gasteiger partial charge is 0.264 e. The average Bonchev–Trinajstić information content (AvgIpc) is 2.98.